The van der Waals surface area contributed by atoms with Crippen LogP contribution in [-0.4, -0.2) is 46.4 Å². The Hall–Kier alpha value is -2.31. The molecule has 2 fully saturated rings. The minimum Gasteiger partial charge on any atom is -0.475 e. The Bertz CT molecular complexity index is 575. The number of carbonyl (C=O) groups excluding carboxylic acids is 2. The number of carboxylic acids is 1. The third-order valence-electron chi connectivity index (χ3n) is 3.52. The zero-order valence-electron chi connectivity index (χ0n) is 10.7. The standard InChI is InChI=1S/C13H14N2O5/c16-11-5-7(6-15(11)8-1-2-8)14-12(17)9-3-4-10(20-9)13(18)19/h3-4,7-8H,1-2,5-6H2,(H,14,17)(H,18,19). The minimum absolute atomic E-state index is 0.0558. The second-order valence-corrected chi connectivity index (χ2v) is 5.12. The van der Waals surface area contributed by atoms with Crippen LogP contribution in [0.4, 0.5) is 0 Å². The van der Waals surface area contributed by atoms with Crippen LogP contribution < -0.4 is 5.32 Å². The first-order valence-electron chi connectivity index (χ1n) is 6.48. The lowest BCUT2D eigenvalue weighted by molar-refractivity contribution is -0.128. The van der Waals surface area contributed by atoms with E-state index >= 15 is 0 Å². The highest BCUT2D eigenvalue weighted by Gasteiger charge is 2.39. The molecule has 0 bridgehead atoms. The summed E-state index contributed by atoms with van der Waals surface area (Å²) in [5.74, 6) is -1.99. The molecule has 1 saturated heterocycles. The van der Waals surface area contributed by atoms with Gasteiger partial charge in [-0.3, -0.25) is 9.59 Å². The van der Waals surface area contributed by atoms with Gasteiger partial charge in [0, 0.05) is 19.0 Å². The molecule has 1 saturated carbocycles. The quantitative estimate of drug-likeness (QED) is 0.834. The Morgan fingerprint density at radius 3 is 2.60 bits per heavy atom. The number of nitrogens with zero attached hydrogens (tertiary/aromatic N) is 1. The van der Waals surface area contributed by atoms with Crippen molar-refractivity contribution < 1.29 is 23.9 Å². The van der Waals surface area contributed by atoms with Crippen molar-refractivity contribution in [3.63, 3.8) is 0 Å². The molecular weight excluding hydrogens is 264 g/mol. The fourth-order valence-corrected chi connectivity index (χ4v) is 2.40. The SMILES string of the molecule is O=C(O)c1ccc(C(=O)NC2CC(=O)N(C3CC3)C2)o1. The molecular formula is C13H14N2O5. The highest BCUT2D eigenvalue weighted by molar-refractivity contribution is 5.94. The van der Waals surface area contributed by atoms with Crippen LogP contribution in [0.25, 0.3) is 0 Å². The van der Waals surface area contributed by atoms with E-state index in [4.69, 9.17) is 9.52 Å². The number of rotatable bonds is 4. The van der Waals surface area contributed by atoms with E-state index < -0.39 is 11.9 Å². The zero-order chi connectivity index (χ0) is 14.3. The van der Waals surface area contributed by atoms with Crippen molar-refractivity contribution in [3.8, 4) is 0 Å². The van der Waals surface area contributed by atoms with E-state index in [0.29, 0.717) is 12.6 Å². The summed E-state index contributed by atoms with van der Waals surface area (Å²) in [5, 5.41) is 11.4. The van der Waals surface area contributed by atoms with E-state index in [2.05, 4.69) is 5.32 Å². The third kappa shape index (κ3) is 2.38. The van der Waals surface area contributed by atoms with Gasteiger partial charge < -0.3 is 19.7 Å². The number of furan rings is 1. The van der Waals surface area contributed by atoms with Crippen molar-refractivity contribution in [3.05, 3.63) is 23.7 Å². The lowest BCUT2D eigenvalue weighted by Crippen LogP contribution is -2.37. The molecule has 0 radical (unpaired) electrons. The average molecular weight is 278 g/mol. The summed E-state index contributed by atoms with van der Waals surface area (Å²) in [6.45, 7) is 0.516. The molecule has 2 N–H and O–H groups in total. The molecule has 1 aromatic heterocycles. The molecule has 3 rings (SSSR count). The lowest BCUT2D eigenvalue weighted by Gasteiger charge is -2.15. The predicted octanol–water partition coefficient (Wildman–Crippen LogP) is 0.471. The van der Waals surface area contributed by atoms with E-state index in [1.54, 1.807) is 4.90 Å². The number of hydrogen-bond donors (Lipinski definition) is 2. The monoisotopic (exact) mass is 278 g/mol. The molecule has 0 spiro atoms. The second-order valence-electron chi connectivity index (χ2n) is 5.12. The van der Waals surface area contributed by atoms with Crippen molar-refractivity contribution in [2.45, 2.75) is 31.3 Å². The molecule has 20 heavy (non-hydrogen) atoms. The molecule has 1 unspecified atom stereocenters. The van der Waals surface area contributed by atoms with Crippen LogP contribution in [0.2, 0.25) is 0 Å². The van der Waals surface area contributed by atoms with E-state index in [1.807, 2.05) is 0 Å². The first kappa shape index (κ1) is 12.7. The number of carbonyl (C=O) groups is 3. The number of nitrogens with one attached hydrogen (secondary N) is 1. The van der Waals surface area contributed by atoms with Gasteiger partial charge in [-0.05, 0) is 25.0 Å². The van der Waals surface area contributed by atoms with Crippen LogP contribution in [0.5, 0.6) is 0 Å². The number of likely N-dealkylation sites (tertiary alicyclic amines) is 1. The number of aromatic carboxylic acids is 1. The molecule has 1 aliphatic heterocycles. The third-order valence-corrected chi connectivity index (χ3v) is 3.52. The molecule has 2 amide bonds. The van der Waals surface area contributed by atoms with Crippen molar-refractivity contribution in [2.75, 3.05) is 6.54 Å². The van der Waals surface area contributed by atoms with Gasteiger partial charge in [0.15, 0.2) is 5.76 Å². The largest absolute Gasteiger partial charge is 0.475 e. The zero-order valence-corrected chi connectivity index (χ0v) is 10.7. The molecule has 7 nitrogen and oxygen atoms in total. The summed E-state index contributed by atoms with van der Waals surface area (Å²) in [7, 11) is 0. The van der Waals surface area contributed by atoms with Gasteiger partial charge >= 0.3 is 5.97 Å². The van der Waals surface area contributed by atoms with Gasteiger partial charge in [0.2, 0.25) is 11.7 Å². The highest BCUT2D eigenvalue weighted by atomic mass is 16.4. The Balaban J connectivity index is 1.61. The molecule has 1 aliphatic carbocycles. The Morgan fingerprint density at radius 1 is 1.30 bits per heavy atom. The van der Waals surface area contributed by atoms with Crippen LogP contribution in [-0.2, 0) is 4.79 Å². The maximum atomic E-state index is 11.9. The van der Waals surface area contributed by atoms with Crippen molar-refractivity contribution in [1.82, 2.24) is 10.2 Å². The Kier molecular flexibility index (Phi) is 2.96. The summed E-state index contributed by atoms with van der Waals surface area (Å²) in [6.07, 6.45) is 2.36. The Labute approximate surface area is 114 Å². The maximum absolute atomic E-state index is 11.9. The van der Waals surface area contributed by atoms with Crippen LogP contribution in [0.1, 0.15) is 40.4 Å². The van der Waals surface area contributed by atoms with E-state index in [0.717, 1.165) is 12.8 Å². The molecule has 1 atom stereocenters. The molecule has 1 aromatic rings. The summed E-state index contributed by atoms with van der Waals surface area (Å²) < 4.78 is 4.92. The van der Waals surface area contributed by atoms with Gasteiger partial charge in [-0.2, -0.15) is 0 Å². The first-order chi connectivity index (χ1) is 9.54. The fourth-order valence-electron chi connectivity index (χ4n) is 2.40. The summed E-state index contributed by atoms with van der Waals surface area (Å²) in [4.78, 5) is 36.1. The van der Waals surface area contributed by atoms with Crippen LogP contribution in [0, 0.1) is 0 Å². The number of hydrogen-bond acceptors (Lipinski definition) is 4. The smallest absolute Gasteiger partial charge is 0.371 e. The first-order valence-corrected chi connectivity index (χ1v) is 6.48. The van der Waals surface area contributed by atoms with Crippen molar-refractivity contribution >= 4 is 17.8 Å². The van der Waals surface area contributed by atoms with Gasteiger partial charge in [0.25, 0.3) is 5.91 Å². The second kappa shape index (κ2) is 4.66. The van der Waals surface area contributed by atoms with Gasteiger partial charge in [-0.25, -0.2) is 4.79 Å². The molecule has 106 valence electrons. The fraction of sp³-hybridized carbons (Fsp3) is 0.462. The predicted molar refractivity (Wildman–Crippen MR) is 66.3 cm³/mol. The summed E-state index contributed by atoms with van der Waals surface area (Å²) >= 11 is 0. The topological polar surface area (TPSA) is 99.8 Å². The minimum atomic E-state index is -1.22. The van der Waals surface area contributed by atoms with Crippen LogP contribution in [0.3, 0.4) is 0 Å². The summed E-state index contributed by atoms with van der Waals surface area (Å²) in [6, 6.07) is 2.64. The molecule has 2 heterocycles. The highest BCUT2D eigenvalue weighted by Crippen LogP contribution is 2.30. The Morgan fingerprint density at radius 2 is 2.00 bits per heavy atom. The number of carboxylic acid groups (broad SMARTS) is 1. The van der Waals surface area contributed by atoms with Gasteiger partial charge in [-0.15, -0.1) is 0 Å². The van der Waals surface area contributed by atoms with Crippen LogP contribution in [0.15, 0.2) is 16.5 Å². The van der Waals surface area contributed by atoms with Crippen LogP contribution >= 0.6 is 0 Å². The number of amides is 2. The lowest BCUT2D eigenvalue weighted by atomic mass is 10.2. The molecule has 0 aromatic carbocycles. The molecule has 7 heteroatoms. The summed E-state index contributed by atoms with van der Waals surface area (Å²) in [5.41, 5.74) is 0. The van der Waals surface area contributed by atoms with Crippen molar-refractivity contribution in [2.24, 2.45) is 0 Å². The van der Waals surface area contributed by atoms with Gasteiger partial charge in [0.05, 0.1) is 6.04 Å². The van der Waals surface area contributed by atoms with E-state index in [1.165, 1.54) is 12.1 Å². The van der Waals surface area contributed by atoms with Crippen molar-refractivity contribution in [1.29, 1.82) is 0 Å². The van der Waals surface area contributed by atoms with Gasteiger partial charge in [-0.1, -0.05) is 0 Å². The normalized spacial score (nSPS) is 22.1. The van der Waals surface area contributed by atoms with Gasteiger partial charge in [0.1, 0.15) is 0 Å². The average Bonchev–Trinajstić information content (AvgIpc) is 2.98. The molecule has 2 aliphatic rings. The maximum Gasteiger partial charge on any atom is 0.371 e. The van der Waals surface area contributed by atoms with E-state index in [9.17, 15) is 14.4 Å². The van der Waals surface area contributed by atoms with E-state index in [-0.39, 0.29) is 29.9 Å².